The first-order chi connectivity index (χ1) is 11.3. The summed E-state index contributed by atoms with van der Waals surface area (Å²) in [4.78, 5) is 0. The third-order valence-electron chi connectivity index (χ3n) is 3.76. The van der Waals surface area contributed by atoms with Crippen molar-refractivity contribution in [1.29, 1.82) is 0 Å². The van der Waals surface area contributed by atoms with Crippen molar-refractivity contribution in [3.63, 3.8) is 0 Å². The van der Waals surface area contributed by atoms with E-state index < -0.39 is 40.2 Å². The maximum atomic E-state index is 12.5. The molecule has 1 aromatic rings. The average Bonchev–Trinajstić information content (AvgIpc) is 2.94. The summed E-state index contributed by atoms with van der Waals surface area (Å²) in [5.74, 6) is 0. The summed E-state index contributed by atoms with van der Waals surface area (Å²) in [5.41, 5.74) is -4.62. The average molecular weight is 368 g/mol. The Morgan fingerprint density at radius 3 is 2.54 bits per heavy atom. The standard InChI is InChI=1S/C14H15F3O6S/c15-14(16,17)24(18,19)23-11-6-10(12-8-21-13(11)22-12)20-7-9-4-2-1-3-5-9/h1-5,10-13H,6-8H2/t10-,11-,12+,13+/m0/s1. The highest BCUT2D eigenvalue weighted by atomic mass is 32.2. The van der Waals surface area contributed by atoms with E-state index in [2.05, 4.69) is 4.18 Å². The second-order valence-electron chi connectivity index (χ2n) is 5.48. The third-order valence-corrected chi connectivity index (χ3v) is 4.82. The van der Waals surface area contributed by atoms with Gasteiger partial charge in [0.25, 0.3) is 0 Å². The number of benzene rings is 1. The van der Waals surface area contributed by atoms with Gasteiger partial charge in [-0.15, -0.1) is 0 Å². The molecule has 0 radical (unpaired) electrons. The number of fused-ring (bicyclic) bond motifs is 2. The SMILES string of the molecule is O=S(=O)(O[C@H]1C[C@H](OCc2ccccc2)[C@H]2CO[C@@H]1O2)C(F)(F)F. The van der Waals surface area contributed by atoms with E-state index in [0.29, 0.717) is 0 Å². The number of hydrogen-bond donors (Lipinski definition) is 0. The van der Waals surface area contributed by atoms with Crippen LogP contribution in [0.1, 0.15) is 12.0 Å². The fourth-order valence-electron chi connectivity index (χ4n) is 2.58. The van der Waals surface area contributed by atoms with E-state index in [9.17, 15) is 21.6 Å². The molecule has 6 nitrogen and oxygen atoms in total. The number of hydrogen-bond acceptors (Lipinski definition) is 6. The number of alkyl halides is 3. The number of rotatable bonds is 5. The summed E-state index contributed by atoms with van der Waals surface area (Å²) in [7, 11) is -5.73. The molecule has 0 unspecified atom stereocenters. The van der Waals surface area contributed by atoms with Crippen LogP contribution in [0.5, 0.6) is 0 Å². The summed E-state index contributed by atoms with van der Waals surface area (Å²) < 4.78 is 80.3. The van der Waals surface area contributed by atoms with Crippen LogP contribution in [0.15, 0.2) is 30.3 Å². The molecule has 2 aliphatic heterocycles. The second-order valence-corrected chi connectivity index (χ2v) is 7.05. The smallest absolute Gasteiger partial charge is 0.371 e. The van der Waals surface area contributed by atoms with Gasteiger partial charge in [0.05, 0.1) is 19.3 Å². The van der Waals surface area contributed by atoms with Crippen molar-refractivity contribution in [3.8, 4) is 0 Å². The molecule has 24 heavy (non-hydrogen) atoms. The van der Waals surface area contributed by atoms with Crippen LogP contribution in [0.3, 0.4) is 0 Å². The molecular weight excluding hydrogens is 353 g/mol. The molecule has 2 fully saturated rings. The Kier molecular flexibility index (Phi) is 4.85. The minimum Gasteiger partial charge on any atom is -0.371 e. The zero-order valence-corrected chi connectivity index (χ0v) is 13.1. The molecular formula is C14H15F3O6S. The Balaban J connectivity index is 1.65. The zero-order valence-electron chi connectivity index (χ0n) is 12.3. The van der Waals surface area contributed by atoms with Gasteiger partial charge in [0.1, 0.15) is 12.2 Å². The van der Waals surface area contributed by atoms with Crippen LogP contribution in [0.4, 0.5) is 13.2 Å². The summed E-state index contributed by atoms with van der Waals surface area (Å²) in [5, 5.41) is 0. The van der Waals surface area contributed by atoms with Crippen molar-refractivity contribution >= 4 is 10.1 Å². The van der Waals surface area contributed by atoms with Crippen LogP contribution in [0, 0.1) is 0 Å². The third kappa shape index (κ3) is 3.72. The number of ether oxygens (including phenoxy) is 3. The van der Waals surface area contributed by atoms with Gasteiger partial charge in [-0.1, -0.05) is 30.3 Å². The van der Waals surface area contributed by atoms with Gasteiger partial charge in [-0.05, 0) is 5.56 Å². The highest BCUT2D eigenvalue weighted by molar-refractivity contribution is 7.87. The van der Waals surface area contributed by atoms with E-state index in [1.165, 1.54) is 0 Å². The lowest BCUT2D eigenvalue weighted by molar-refractivity contribution is -0.188. The number of halogens is 3. The van der Waals surface area contributed by atoms with Gasteiger partial charge in [-0.3, -0.25) is 4.18 Å². The minimum atomic E-state index is -5.73. The first-order valence-electron chi connectivity index (χ1n) is 7.18. The molecule has 0 saturated carbocycles. The molecule has 0 N–H and O–H groups in total. The summed E-state index contributed by atoms with van der Waals surface area (Å²) in [6.07, 6.45) is -3.72. The van der Waals surface area contributed by atoms with Crippen molar-refractivity contribution in [2.24, 2.45) is 0 Å². The maximum absolute atomic E-state index is 12.5. The van der Waals surface area contributed by atoms with E-state index in [1.54, 1.807) is 0 Å². The van der Waals surface area contributed by atoms with Gasteiger partial charge in [-0.25, -0.2) is 0 Å². The molecule has 1 aromatic carbocycles. The van der Waals surface area contributed by atoms with Crippen molar-refractivity contribution in [3.05, 3.63) is 35.9 Å². The molecule has 0 spiro atoms. The van der Waals surface area contributed by atoms with E-state index >= 15 is 0 Å². The van der Waals surface area contributed by atoms with Crippen molar-refractivity contribution < 1.29 is 40.0 Å². The predicted molar refractivity (Wildman–Crippen MR) is 74.1 cm³/mol. The lowest BCUT2D eigenvalue weighted by Gasteiger charge is -2.33. The quantitative estimate of drug-likeness (QED) is 0.584. The highest BCUT2D eigenvalue weighted by Crippen LogP contribution is 2.35. The lowest BCUT2D eigenvalue weighted by Crippen LogP contribution is -2.46. The summed E-state index contributed by atoms with van der Waals surface area (Å²) >= 11 is 0. The molecule has 2 heterocycles. The molecule has 0 amide bonds. The van der Waals surface area contributed by atoms with Gasteiger partial charge in [0.2, 0.25) is 0 Å². The van der Waals surface area contributed by atoms with Gasteiger partial charge >= 0.3 is 15.6 Å². The fraction of sp³-hybridized carbons (Fsp3) is 0.571. The zero-order chi connectivity index (χ0) is 17.4. The molecule has 2 bridgehead atoms. The van der Waals surface area contributed by atoms with Crippen LogP contribution in [-0.4, -0.2) is 45.1 Å². The van der Waals surface area contributed by atoms with Gasteiger partial charge in [-0.2, -0.15) is 21.6 Å². The van der Waals surface area contributed by atoms with Crippen LogP contribution < -0.4 is 0 Å². The monoisotopic (exact) mass is 368 g/mol. The lowest BCUT2D eigenvalue weighted by atomic mass is 10.0. The van der Waals surface area contributed by atoms with Gasteiger partial charge in [0.15, 0.2) is 6.29 Å². The Hall–Kier alpha value is -1.20. The van der Waals surface area contributed by atoms with Crippen molar-refractivity contribution in [2.75, 3.05) is 6.61 Å². The molecule has 4 atom stereocenters. The Labute approximate surface area is 136 Å². The molecule has 2 aliphatic rings. The van der Waals surface area contributed by atoms with E-state index in [0.717, 1.165) is 5.56 Å². The molecule has 2 saturated heterocycles. The van der Waals surface area contributed by atoms with Crippen molar-refractivity contribution in [1.82, 2.24) is 0 Å². The first kappa shape index (κ1) is 17.6. The van der Waals surface area contributed by atoms with E-state index in [-0.39, 0.29) is 19.6 Å². The summed E-state index contributed by atoms with van der Waals surface area (Å²) in [6, 6.07) is 9.16. The Morgan fingerprint density at radius 1 is 1.17 bits per heavy atom. The van der Waals surface area contributed by atoms with Crippen LogP contribution in [0.2, 0.25) is 0 Å². The minimum absolute atomic E-state index is 0.0719. The van der Waals surface area contributed by atoms with Crippen LogP contribution in [-0.2, 0) is 35.1 Å². The summed E-state index contributed by atoms with van der Waals surface area (Å²) in [6.45, 7) is 0.324. The Morgan fingerprint density at radius 2 is 1.88 bits per heavy atom. The van der Waals surface area contributed by atoms with E-state index in [4.69, 9.17) is 14.2 Å². The molecule has 0 aliphatic carbocycles. The van der Waals surface area contributed by atoms with Gasteiger partial charge < -0.3 is 14.2 Å². The van der Waals surface area contributed by atoms with Crippen molar-refractivity contribution in [2.45, 2.75) is 43.1 Å². The molecule has 10 heteroatoms. The van der Waals surface area contributed by atoms with Gasteiger partial charge in [0, 0.05) is 6.42 Å². The van der Waals surface area contributed by atoms with E-state index in [1.807, 2.05) is 30.3 Å². The topological polar surface area (TPSA) is 71.1 Å². The maximum Gasteiger partial charge on any atom is 0.523 e. The largest absolute Gasteiger partial charge is 0.523 e. The van der Waals surface area contributed by atoms with Crippen LogP contribution in [0.25, 0.3) is 0 Å². The second kappa shape index (κ2) is 6.60. The predicted octanol–water partition coefficient (Wildman–Crippen LogP) is 1.95. The first-order valence-corrected chi connectivity index (χ1v) is 8.59. The highest BCUT2D eigenvalue weighted by Gasteiger charge is 2.53. The Bertz CT molecular complexity index is 663. The molecule has 0 aromatic heterocycles. The fourth-order valence-corrected chi connectivity index (χ4v) is 3.18. The molecule has 3 rings (SSSR count). The normalized spacial score (nSPS) is 30.5. The molecule has 134 valence electrons. The van der Waals surface area contributed by atoms with Crippen LogP contribution >= 0.6 is 0 Å².